The van der Waals surface area contributed by atoms with Crippen LogP contribution in [0.5, 0.6) is 0 Å². The summed E-state index contributed by atoms with van der Waals surface area (Å²) in [5, 5.41) is 0. The van der Waals surface area contributed by atoms with Crippen LogP contribution in [-0.4, -0.2) is 0 Å². The third-order valence-electron chi connectivity index (χ3n) is 4.30. The van der Waals surface area contributed by atoms with Crippen molar-refractivity contribution in [2.45, 2.75) is 59.8 Å². The molecule has 3 unspecified atom stereocenters. The van der Waals surface area contributed by atoms with Gasteiger partial charge in [-0.1, -0.05) is 47.0 Å². The van der Waals surface area contributed by atoms with Gasteiger partial charge < -0.3 is 0 Å². The lowest BCUT2D eigenvalue weighted by Gasteiger charge is -2.33. The minimum absolute atomic E-state index is 0.644. The van der Waals surface area contributed by atoms with Crippen molar-refractivity contribution in [3.8, 4) is 0 Å². The van der Waals surface area contributed by atoms with Gasteiger partial charge in [-0.3, -0.25) is 0 Å². The van der Waals surface area contributed by atoms with Crippen LogP contribution in [0.3, 0.4) is 0 Å². The lowest BCUT2D eigenvalue weighted by Crippen LogP contribution is -2.22. The molecule has 0 aromatic carbocycles. The summed E-state index contributed by atoms with van der Waals surface area (Å²) >= 11 is 0. The van der Waals surface area contributed by atoms with E-state index in [4.69, 9.17) is 0 Å². The molecule has 72 valence electrons. The molecule has 1 fully saturated rings. The van der Waals surface area contributed by atoms with Gasteiger partial charge in [-0.25, -0.2) is 0 Å². The highest BCUT2D eigenvalue weighted by Gasteiger charge is 2.31. The molecule has 0 amide bonds. The van der Waals surface area contributed by atoms with E-state index in [1.807, 2.05) is 0 Å². The van der Waals surface area contributed by atoms with E-state index in [-0.39, 0.29) is 0 Å². The van der Waals surface area contributed by atoms with Crippen molar-refractivity contribution < 1.29 is 0 Å². The molecule has 0 saturated heterocycles. The summed E-state index contributed by atoms with van der Waals surface area (Å²) in [6.07, 6.45) is 7.17. The second-order valence-corrected chi connectivity index (χ2v) is 5.13. The first-order valence-electron chi connectivity index (χ1n) is 5.58. The summed E-state index contributed by atoms with van der Waals surface area (Å²) in [4.78, 5) is 0. The van der Waals surface area contributed by atoms with E-state index in [1.165, 1.54) is 32.1 Å². The van der Waals surface area contributed by atoms with Crippen molar-refractivity contribution in [2.24, 2.45) is 17.3 Å². The van der Waals surface area contributed by atoms with Crippen LogP contribution in [0.2, 0.25) is 0 Å². The largest absolute Gasteiger partial charge is 0.0649 e. The molecule has 1 rings (SSSR count). The summed E-state index contributed by atoms with van der Waals surface area (Å²) in [6.45, 7) is 9.69. The molecule has 0 spiro atoms. The molecule has 1 saturated carbocycles. The molecule has 0 bridgehead atoms. The van der Waals surface area contributed by atoms with Crippen LogP contribution < -0.4 is 0 Å². The standard InChI is InChI=1S/C12H24/c1-5-12(4)9-8-10(2)6-7-11(12)3/h10-11H,5-9H2,1-4H3. The van der Waals surface area contributed by atoms with Crippen molar-refractivity contribution in [3.05, 3.63) is 0 Å². The highest BCUT2D eigenvalue weighted by atomic mass is 14.4. The Morgan fingerprint density at radius 1 is 1.17 bits per heavy atom. The van der Waals surface area contributed by atoms with Crippen LogP contribution in [0.15, 0.2) is 0 Å². The molecule has 0 heteroatoms. The summed E-state index contributed by atoms with van der Waals surface area (Å²) in [5.74, 6) is 1.91. The van der Waals surface area contributed by atoms with E-state index in [2.05, 4.69) is 27.7 Å². The maximum absolute atomic E-state index is 2.48. The van der Waals surface area contributed by atoms with Crippen LogP contribution in [0.1, 0.15) is 59.8 Å². The van der Waals surface area contributed by atoms with E-state index >= 15 is 0 Å². The lowest BCUT2D eigenvalue weighted by atomic mass is 9.73. The SMILES string of the molecule is CCC1(C)CCC(C)CCC1C. The molecule has 0 aromatic rings. The van der Waals surface area contributed by atoms with Gasteiger partial charge in [0.15, 0.2) is 0 Å². The first-order valence-corrected chi connectivity index (χ1v) is 5.58. The third-order valence-corrected chi connectivity index (χ3v) is 4.30. The molecule has 1 aliphatic rings. The highest BCUT2D eigenvalue weighted by molar-refractivity contribution is 4.82. The second kappa shape index (κ2) is 3.81. The molecule has 3 atom stereocenters. The summed E-state index contributed by atoms with van der Waals surface area (Å²) in [5.41, 5.74) is 0.644. The average molecular weight is 168 g/mol. The van der Waals surface area contributed by atoms with Crippen molar-refractivity contribution in [1.82, 2.24) is 0 Å². The Balaban J connectivity index is 2.61. The first kappa shape index (κ1) is 10.1. The second-order valence-electron chi connectivity index (χ2n) is 5.13. The highest BCUT2D eigenvalue weighted by Crippen LogP contribution is 2.43. The van der Waals surface area contributed by atoms with Gasteiger partial charge in [0.25, 0.3) is 0 Å². The molecule has 0 aliphatic heterocycles. The van der Waals surface area contributed by atoms with Gasteiger partial charge in [0.1, 0.15) is 0 Å². The Morgan fingerprint density at radius 2 is 1.83 bits per heavy atom. The molecule has 0 aromatic heterocycles. The number of hydrogen-bond acceptors (Lipinski definition) is 0. The molecule has 0 N–H and O–H groups in total. The lowest BCUT2D eigenvalue weighted by molar-refractivity contribution is 0.177. The number of hydrogen-bond donors (Lipinski definition) is 0. The Labute approximate surface area is 77.7 Å². The van der Waals surface area contributed by atoms with Gasteiger partial charge in [0, 0.05) is 0 Å². The van der Waals surface area contributed by atoms with Gasteiger partial charge in [-0.05, 0) is 30.1 Å². The van der Waals surface area contributed by atoms with Gasteiger partial charge in [0.05, 0.1) is 0 Å². The van der Waals surface area contributed by atoms with E-state index in [1.54, 1.807) is 0 Å². The predicted molar refractivity (Wildman–Crippen MR) is 55.2 cm³/mol. The van der Waals surface area contributed by atoms with Crippen LogP contribution in [0.4, 0.5) is 0 Å². The Hall–Kier alpha value is 0. The van der Waals surface area contributed by atoms with Crippen LogP contribution in [0, 0.1) is 17.3 Å². The predicted octanol–water partition coefficient (Wildman–Crippen LogP) is 4.25. The van der Waals surface area contributed by atoms with Crippen molar-refractivity contribution in [3.63, 3.8) is 0 Å². The van der Waals surface area contributed by atoms with Gasteiger partial charge >= 0.3 is 0 Å². The Kier molecular flexibility index (Phi) is 3.20. The summed E-state index contributed by atoms with van der Waals surface area (Å²) in [6, 6.07) is 0. The van der Waals surface area contributed by atoms with E-state index in [9.17, 15) is 0 Å². The van der Waals surface area contributed by atoms with E-state index in [0.717, 1.165) is 11.8 Å². The van der Waals surface area contributed by atoms with E-state index in [0.29, 0.717) is 5.41 Å². The van der Waals surface area contributed by atoms with E-state index < -0.39 is 0 Å². The Bertz CT molecular complexity index is 139. The normalized spacial score (nSPS) is 44.0. The monoisotopic (exact) mass is 168 g/mol. The van der Waals surface area contributed by atoms with Gasteiger partial charge in [-0.15, -0.1) is 0 Å². The zero-order valence-electron chi connectivity index (χ0n) is 9.19. The minimum Gasteiger partial charge on any atom is -0.0649 e. The topological polar surface area (TPSA) is 0 Å². The van der Waals surface area contributed by atoms with Crippen molar-refractivity contribution in [1.29, 1.82) is 0 Å². The molecule has 1 aliphatic carbocycles. The fraction of sp³-hybridized carbons (Fsp3) is 1.00. The molecule has 0 radical (unpaired) electrons. The molecule has 0 heterocycles. The zero-order chi connectivity index (χ0) is 9.19. The Morgan fingerprint density at radius 3 is 2.42 bits per heavy atom. The fourth-order valence-electron chi connectivity index (χ4n) is 2.38. The maximum Gasteiger partial charge on any atom is -0.0303 e. The third kappa shape index (κ3) is 2.02. The maximum atomic E-state index is 2.48. The fourth-order valence-corrected chi connectivity index (χ4v) is 2.38. The quantitative estimate of drug-likeness (QED) is 0.513. The van der Waals surface area contributed by atoms with Crippen molar-refractivity contribution in [2.75, 3.05) is 0 Å². The van der Waals surface area contributed by atoms with Gasteiger partial charge in [0.2, 0.25) is 0 Å². The van der Waals surface area contributed by atoms with Crippen LogP contribution in [0.25, 0.3) is 0 Å². The smallest absolute Gasteiger partial charge is 0.0303 e. The minimum atomic E-state index is 0.644. The van der Waals surface area contributed by atoms with Crippen molar-refractivity contribution >= 4 is 0 Å². The van der Waals surface area contributed by atoms with Crippen LogP contribution >= 0.6 is 0 Å². The number of rotatable bonds is 1. The summed E-state index contributed by atoms with van der Waals surface area (Å²) < 4.78 is 0. The summed E-state index contributed by atoms with van der Waals surface area (Å²) in [7, 11) is 0. The zero-order valence-corrected chi connectivity index (χ0v) is 9.19. The molecular formula is C12H24. The van der Waals surface area contributed by atoms with Gasteiger partial charge in [-0.2, -0.15) is 0 Å². The molecule has 0 nitrogen and oxygen atoms in total. The molecule has 12 heavy (non-hydrogen) atoms. The molecular weight excluding hydrogens is 144 g/mol. The first-order chi connectivity index (χ1) is 5.58. The van der Waals surface area contributed by atoms with Crippen LogP contribution in [-0.2, 0) is 0 Å². The average Bonchev–Trinajstić information content (AvgIpc) is 2.19.